The number of rotatable bonds is 4. The van der Waals surface area contributed by atoms with Crippen molar-refractivity contribution in [3.05, 3.63) is 42.2 Å². The van der Waals surface area contributed by atoms with Gasteiger partial charge in [0.15, 0.2) is 0 Å². The summed E-state index contributed by atoms with van der Waals surface area (Å²) < 4.78 is 0. The second kappa shape index (κ2) is 8.98. The molecule has 1 atom stereocenters. The van der Waals surface area contributed by atoms with E-state index in [1.165, 1.54) is 24.9 Å². The third kappa shape index (κ3) is 4.77. The van der Waals surface area contributed by atoms with Gasteiger partial charge in [0.25, 0.3) is 0 Å². The van der Waals surface area contributed by atoms with Crippen molar-refractivity contribution in [3.8, 4) is 0 Å². The number of carbonyl (C=O) groups is 1. The Morgan fingerprint density at radius 3 is 2.59 bits per heavy atom. The first-order chi connectivity index (χ1) is 13.3. The Morgan fingerprint density at radius 2 is 1.85 bits per heavy atom. The number of amides is 1. The summed E-state index contributed by atoms with van der Waals surface area (Å²) in [5, 5.41) is 0. The second-order valence-corrected chi connectivity index (χ2v) is 8.24. The number of hydrogen-bond donors (Lipinski definition) is 0. The molecule has 4 rings (SSSR count). The van der Waals surface area contributed by atoms with Crippen molar-refractivity contribution in [1.29, 1.82) is 0 Å². The number of piperidine rings is 2. The van der Waals surface area contributed by atoms with E-state index in [0.29, 0.717) is 11.9 Å². The fourth-order valence-electron chi connectivity index (χ4n) is 4.83. The standard InChI is InChI=1S/C22H32N4O/c27-22(25-12-2-1-3-13-25)20-5-4-14-26(18-20)21-8-15-24(16-9-21)17-19-6-10-23-11-7-19/h1-2,6-7,10-11,20-21H,3-5,8-9,12-18H2/t20-/m1/s1. The minimum atomic E-state index is 0.208. The first kappa shape index (κ1) is 18.6. The molecule has 2 saturated heterocycles. The lowest BCUT2D eigenvalue weighted by Crippen LogP contribution is -2.51. The molecule has 1 aromatic rings. The van der Waals surface area contributed by atoms with Gasteiger partial charge in [-0.3, -0.25) is 19.6 Å². The van der Waals surface area contributed by atoms with Crippen LogP contribution in [0.15, 0.2) is 36.7 Å². The summed E-state index contributed by atoms with van der Waals surface area (Å²) in [7, 11) is 0. The smallest absolute Gasteiger partial charge is 0.227 e. The number of hydrogen-bond acceptors (Lipinski definition) is 4. The van der Waals surface area contributed by atoms with E-state index in [9.17, 15) is 4.79 Å². The van der Waals surface area contributed by atoms with Gasteiger partial charge in [-0.1, -0.05) is 12.2 Å². The fraction of sp³-hybridized carbons (Fsp3) is 0.636. The average molecular weight is 369 g/mol. The van der Waals surface area contributed by atoms with E-state index >= 15 is 0 Å². The Kier molecular flexibility index (Phi) is 6.20. The molecule has 3 aliphatic rings. The van der Waals surface area contributed by atoms with E-state index in [1.54, 1.807) is 0 Å². The van der Waals surface area contributed by atoms with Crippen molar-refractivity contribution < 1.29 is 4.79 Å². The Morgan fingerprint density at radius 1 is 1.04 bits per heavy atom. The van der Waals surface area contributed by atoms with Crippen LogP contribution in [0.5, 0.6) is 0 Å². The molecule has 0 saturated carbocycles. The van der Waals surface area contributed by atoms with E-state index in [2.05, 4.69) is 44.0 Å². The average Bonchev–Trinajstić information content (AvgIpc) is 2.75. The van der Waals surface area contributed by atoms with E-state index in [4.69, 9.17) is 0 Å². The molecule has 146 valence electrons. The van der Waals surface area contributed by atoms with Crippen molar-refractivity contribution in [3.63, 3.8) is 0 Å². The molecular formula is C22H32N4O. The summed E-state index contributed by atoms with van der Waals surface area (Å²) in [6.07, 6.45) is 13.8. The van der Waals surface area contributed by atoms with Crippen LogP contribution in [0.3, 0.4) is 0 Å². The molecule has 2 fully saturated rings. The lowest BCUT2D eigenvalue weighted by Gasteiger charge is -2.42. The second-order valence-electron chi connectivity index (χ2n) is 8.24. The van der Waals surface area contributed by atoms with Crippen molar-refractivity contribution in [2.75, 3.05) is 39.3 Å². The van der Waals surface area contributed by atoms with Gasteiger partial charge in [-0.05, 0) is 69.4 Å². The number of carbonyl (C=O) groups excluding carboxylic acids is 1. The highest BCUT2D eigenvalue weighted by Crippen LogP contribution is 2.26. The van der Waals surface area contributed by atoms with Crippen LogP contribution in [0.1, 0.15) is 37.7 Å². The summed E-state index contributed by atoms with van der Waals surface area (Å²) in [6, 6.07) is 4.88. The Hall–Kier alpha value is -1.72. The molecule has 0 bridgehead atoms. The molecule has 0 N–H and O–H groups in total. The molecule has 1 amide bonds. The molecule has 27 heavy (non-hydrogen) atoms. The van der Waals surface area contributed by atoms with E-state index in [-0.39, 0.29) is 5.92 Å². The first-order valence-corrected chi connectivity index (χ1v) is 10.6. The predicted molar refractivity (Wildman–Crippen MR) is 107 cm³/mol. The monoisotopic (exact) mass is 368 g/mol. The number of likely N-dealkylation sites (tertiary alicyclic amines) is 2. The maximum absolute atomic E-state index is 12.9. The number of aromatic nitrogens is 1. The molecule has 0 unspecified atom stereocenters. The number of nitrogens with zero attached hydrogens (tertiary/aromatic N) is 4. The Labute approximate surface area is 163 Å². The quantitative estimate of drug-likeness (QED) is 0.766. The third-order valence-electron chi connectivity index (χ3n) is 6.40. The van der Waals surface area contributed by atoms with Crippen LogP contribution in [0.4, 0.5) is 0 Å². The SMILES string of the molecule is O=C([C@@H]1CCCN(C2CCN(Cc3ccncc3)CC2)C1)N1CC=CCC1. The zero-order valence-electron chi connectivity index (χ0n) is 16.3. The van der Waals surface area contributed by atoms with Crippen molar-refractivity contribution in [2.24, 2.45) is 5.92 Å². The van der Waals surface area contributed by atoms with Crippen LogP contribution >= 0.6 is 0 Å². The van der Waals surface area contributed by atoms with Crippen LogP contribution in [0.2, 0.25) is 0 Å². The Balaban J connectivity index is 1.27. The minimum Gasteiger partial charge on any atom is -0.338 e. The highest BCUT2D eigenvalue weighted by molar-refractivity contribution is 5.79. The molecule has 3 aliphatic heterocycles. The molecule has 5 nitrogen and oxygen atoms in total. The lowest BCUT2D eigenvalue weighted by atomic mass is 9.92. The maximum Gasteiger partial charge on any atom is 0.227 e. The van der Waals surface area contributed by atoms with Gasteiger partial charge in [0, 0.05) is 44.6 Å². The first-order valence-electron chi connectivity index (χ1n) is 10.6. The van der Waals surface area contributed by atoms with Crippen LogP contribution < -0.4 is 0 Å². The van der Waals surface area contributed by atoms with Crippen molar-refractivity contribution in [1.82, 2.24) is 19.7 Å². The van der Waals surface area contributed by atoms with Gasteiger partial charge in [0.05, 0.1) is 5.92 Å². The molecule has 4 heterocycles. The van der Waals surface area contributed by atoms with Gasteiger partial charge in [-0.25, -0.2) is 0 Å². The molecule has 0 spiro atoms. The zero-order chi connectivity index (χ0) is 18.5. The summed E-state index contributed by atoms with van der Waals surface area (Å²) in [5.41, 5.74) is 1.35. The molecule has 0 aromatic carbocycles. The van der Waals surface area contributed by atoms with E-state index < -0.39 is 0 Å². The van der Waals surface area contributed by atoms with Crippen molar-refractivity contribution >= 4 is 5.91 Å². The van der Waals surface area contributed by atoms with Gasteiger partial charge in [0.2, 0.25) is 5.91 Å². The molecule has 1 aromatic heterocycles. The number of pyridine rings is 1. The summed E-state index contributed by atoms with van der Waals surface area (Å²) in [6.45, 7) is 7.17. The van der Waals surface area contributed by atoms with Gasteiger partial charge in [-0.15, -0.1) is 0 Å². The van der Waals surface area contributed by atoms with Crippen LogP contribution in [0.25, 0.3) is 0 Å². The summed E-state index contributed by atoms with van der Waals surface area (Å²) in [5.74, 6) is 0.597. The summed E-state index contributed by atoms with van der Waals surface area (Å²) >= 11 is 0. The van der Waals surface area contributed by atoms with Gasteiger partial charge in [-0.2, -0.15) is 0 Å². The van der Waals surface area contributed by atoms with Crippen LogP contribution in [-0.2, 0) is 11.3 Å². The van der Waals surface area contributed by atoms with Gasteiger partial charge in [0.1, 0.15) is 0 Å². The van der Waals surface area contributed by atoms with Crippen LogP contribution in [-0.4, -0.2) is 70.9 Å². The molecule has 0 aliphatic carbocycles. The largest absolute Gasteiger partial charge is 0.338 e. The minimum absolute atomic E-state index is 0.208. The van der Waals surface area contributed by atoms with E-state index in [0.717, 1.165) is 58.5 Å². The van der Waals surface area contributed by atoms with Crippen LogP contribution in [0, 0.1) is 5.92 Å². The topological polar surface area (TPSA) is 39.7 Å². The van der Waals surface area contributed by atoms with E-state index in [1.807, 2.05) is 12.4 Å². The maximum atomic E-state index is 12.9. The predicted octanol–water partition coefficient (Wildman–Crippen LogP) is 2.55. The summed E-state index contributed by atoms with van der Waals surface area (Å²) in [4.78, 5) is 24.2. The highest BCUT2D eigenvalue weighted by atomic mass is 16.2. The zero-order valence-corrected chi connectivity index (χ0v) is 16.3. The molecule has 0 radical (unpaired) electrons. The molecular weight excluding hydrogens is 336 g/mol. The molecule has 5 heteroatoms. The van der Waals surface area contributed by atoms with Crippen molar-refractivity contribution in [2.45, 2.75) is 44.7 Å². The third-order valence-corrected chi connectivity index (χ3v) is 6.40. The van der Waals surface area contributed by atoms with Gasteiger partial charge < -0.3 is 4.90 Å². The fourth-order valence-corrected chi connectivity index (χ4v) is 4.83. The Bertz CT molecular complexity index is 639. The normalized spacial score (nSPS) is 25.6. The highest BCUT2D eigenvalue weighted by Gasteiger charge is 2.33. The van der Waals surface area contributed by atoms with Gasteiger partial charge >= 0.3 is 0 Å². The lowest BCUT2D eigenvalue weighted by molar-refractivity contribution is -0.137.